The molecule has 4 atom stereocenters. The van der Waals surface area contributed by atoms with Gasteiger partial charge in [-0.25, -0.2) is 0 Å². The number of rotatable bonds is 3. The first-order valence-corrected chi connectivity index (χ1v) is 7.99. The summed E-state index contributed by atoms with van der Waals surface area (Å²) in [5.41, 5.74) is 1.36. The maximum atomic E-state index is 4.10. The Hall–Kier alpha value is -0.890. The van der Waals surface area contributed by atoms with Gasteiger partial charge in [0.15, 0.2) is 0 Å². The van der Waals surface area contributed by atoms with Crippen molar-refractivity contribution in [2.75, 3.05) is 0 Å². The maximum Gasteiger partial charge on any atom is 0.0295 e. The molecule has 2 fully saturated rings. The smallest absolute Gasteiger partial charge is 0.0295 e. The molecule has 19 heavy (non-hydrogen) atoms. The van der Waals surface area contributed by atoms with Crippen LogP contribution in [0.25, 0.3) is 0 Å². The Morgan fingerprint density at radius 1 is 1.05 bits per heavy atom. The Bertz CT molecular complexity index is 390. The minimum Gasteiger partial charge on any atom is -0.307 e. The number of nitrogens with zero attached hydrogens (tertiary/aromatic N) is 1. The molecule has 2 nitrogen and oxygen atoms in total. The molecular weight excluding hydrogens is 232 g/mol. The Balaban J connectivity index is 1.56. The summed E-state index contributed by atoms with van der Waals surface area (Å²) in [7, 11) is 0. The van der Waals surface area contributed by atoms with Crippen LogP contribution in [0.3, 0.4) is 0 Å². The van der Waals surface area contributed by atoms with Gasteiger partial charge in [0, 0.05) is 24.5 Å². The molecule has 104 valence electrons. The average Bonchev–Trinajstić information content (AvgIpc) is 2.48. The van der Waals surface area contributed by atoms with Gasteiger partial charge in [0.25, 0.3) is 0 Å². The second-order valence-electron chi connectivity index (χ2n) is 6.48. The summed E-state index contributed by atoms with van der Waals surface area (Å²) in [4.78, 5) is 4.10. The largest absolute Gasteiger partial charge is 0.307 e. The van der Waals surface area contributed by atoms with Gasteiger partial charge in [-0.05, 0) is 55.7 Å². The van der Waals surface area contributed by atoms with Crippen molar-refractivity contribution in [1.82, 2.24) is 10.3 Å². The van der Waals surface area contributed by atoms with Crippen LogP contribution < -0.4 is 5.32 Å². The third kappa shape index (κ3) is 3.17. The first-order valence-electron chi connectivity index (χ1n) is 7.99. The zero-order valence-corrected chi connectivity index (χ0v) is 12.0. The highest BCUT2D eigenvalue weighted by atomic mass is 14.9. The van der Waals surface area contributed by atoms with Gasteiger partial charge in [0.2, 0.25) is 0 Å². The molecule has 1 heterocycles. The number of hydrogen-bond donors (Lipinski definition) is 1. The predicted octanol–water partition coefficient (Wildman–Crippen LogP) is 4.09. The van der Waals surface area contributed by atoms with E-state index >= 15 is 0 Å². The first-order chi connectivity index (χ1) is 9.33. The van der Waals surface area contributed by atoms with Crippen molar-refractivity contribution in [2.24, 2.45) is 11.8 Å². The topological polar surface area (TPSA) is 24.9 Å². The van der Waals surface area contributed by atoms with E-state index in [4.69, 9.17) is 0 Å². The lowest BCUT2D eigenvalue weighted by atomic mass is 9.69. The maximum absolute atomic E-state index is 4.10. The average molecular weight is 258 g/mol. The van der Waals surface area contributed by atoms with Crippen LogP contribution in [-0.4, -0.2) is 11.0 Å². The Kier molecular flexibility index (Phi) is 4.17. The molecule has 0 aromatic carbocycles. The summed E-state index contributed by atoms with van der Waals surface area (Å²) in [6.45, 7) is 2.28. The van der Waals surface area contributed by atoms with Crippen molar-refractivity contribution >= 4 is 0 Å². The molecule has 2 heteroatoms. The minimum absolute atomic E-state index is 0.452. The van der Waals surface area contributed by atoms with Crippen molar-refractivity contribution in [3.05, 3.63) is 30.1 Å². The van der Waals surface area contributed by atoms with Crippen molar-refractivity contribution in [3.63, 3.8) is 0 Å². The van der Waals surface area contributed by atoms with Crippen LogP contribution in [0.15, 0.2) is 24.5 Å². The summed E-state index contributed by atoms with van der Waals surface area (Å²) in [6, 6.07) is 5.43. The van der Waals surface area contributed by atoms with Crippen LogP contribution in [0.1, 0.15) is 63.5 Å². The third-order valence-corrected chi connectivity index (χ3v) is 5.23. The van der Waals surface area contributed by atoms with E-state index in [1.165, 1.54) is 50.5 Å². The van der Waals surface area contributed by atoms with Gasteiger partial charge in [-0.15, -0.1) is 0 Å². The molecule has 2 aliphatic rings. The SMILES string of the molecule is CC(NC1CCC2CCCCC2C1)c1ccncc1. The standard InChI is InChI=1S/C17H26N2/c1-13(14-8-10-18-11-9-14)19-17-7-6-15-4-2-3-5-16(15)12-17/h8-11,13,15-17,19H,2-7,12H2,1H3. The van der Waals surface area contributed by atoms with Gasteiger partial charge in [0.05, 0.1) is 0 Å². The fraction of sp³-hybridized carbons (Fsp3) is 0.706. The molecule has 0 bridgehead atoms. The Morgan fingerprint density at radius 2 is 1.79 bits per heavy atom. The van der Waals surface area contributed by atoms with Gasteiger partial charge in [0.1, 0.15) is 0 Å². The number of hydrogen-bond acceptors (Lipinski definition) is 2. The number of pyridine rings is 1. The van der Waals surface area contributed by atoms with Crippen LogP contribution in [0.5, 0.6) is 0 Å². The highest BCUT2D eigenvalue weighted by Gasteiger charge is 2.32. The summed E-state index contributed by atoms with van der Waals surface area (Å²) >= 11 is 0. The van der Waals surface area contributed by atoms with Gasteiger partial charge >= 0.3 is 0 Å². The van der Waals surface area contributed by atoms with Crippen LogP contribution in [0, 0.1) is 11.8 Å². The molecule has 2 saturated carbocycles. The zero-order valence-electron chi connectivity index (χ0n) is 12.0. The molecule has 1 N–H and O–H groups in total. The van der Waals surface area contributed by atoms with E-state index in [1.807, 2.05) is 12.4 Å². The highest BCUT2D eigenvalue weighted by Crippen LogP contribution is 2.40. The van der Waals surface area contributed by atoms with E-state index in [-0.39, 0.29) is 0 Å². The van der Waals surface area contributed by atoms with E-state index < -0.39 is 0 Å². The molecule has 0 amide bonds. The Labute approximate surface area is 117 Å². The lowest BCUT2D eigenvalue weighted by molar-refractivity contribution is 0.139. The summed E-state index contributed by atoms with van der Waals surface area (Å²) in [6.07, 6.45) is 13.9. The first kappa shape index (κ1) is 13.1. The lowest BCUT2D eigenvalue weighted by Crippen LogP contribution is -2.39. The zero-order chi connectivity index (χ0) is 13.1. The van der Waals surface area contributed by atoms with Gasteiger partial charge < -0.3 is 5.32 Å². The van der Waals surface area contributed by atoms with Crippen molar-refractivity contribution < 1.29 is 0 Å². The molecule has 1 aromatic heterocycles. The summed E-state index contributed by atoms with van der Waals surface area (Å²) in [5.74, 6) is 2.05. The van der Waals surface area contributed by atoms with E-state index in [9.17, 15) is 0 Å². The van der Waals surface area contributed by atoms with Crippen molar-refractivity contribution in [1.29, 1.82) is 0 Å². The monoisotopic (exact) mass is 258 g/mol. The fourth-order valence-electron chi connectivity index (χ4n) is 4.13. The van der Waals surface area contributed by atoms with E-state index in [0.29, 0.717) is 6.04 Å². The molecule has 2 aliphatic carbocycles. The molecule has 0 saturated heterocycles. The van der Waals surface area contributed by atoms with Gasteiger partial charge in [-0.2, -0.15) is 0 Å². The van der Waals surface area contributed by atoms with Gasteiger partial charge in [-0.1, -0.05) is 25.7 Å². The lowest BCUT2D eigenvalue weighted by Gasteiger charge is -2.40. The molecule has 0 radical (unpaired) electrons. The minimum atomic E-state index is 0.452. The number of nitrogens with one attached hydrogen (secondary N) is 1. The van der Waals surface area contributed by atoms with E-state index in [1.54, 1.807) is 0 Å². The molecule has 0 spiro atoms. The van der Waals surface area contributed by atoms with E-state index in [0.717, 1.165) is 17.9 Å². The number of fused-ring (bicyclic) bond motifs is 1. The molecule has 4 unspecified atom stereocenters. The van der Waals surface area contributed by atoms with Crippen LogP contribution in [-0.2, 0) is 0 Å². The summed E-state index contributed by atoms with van der Waals surface area (Å²) in [5, 5.41) is 3.84. The normalized spacial score (nSPS) is 32.6. The van der Waals surface area contributed by atoms with Crippen LogP contribution in [0.4, 0.5) is 0 Å². The van der Waals surface area contributed by atoms with Crippen molar-refractivity contribution in [3.8, 4) is 0 Å². The van der Waals surface area contributed by atoms with E-state index in [2.05, 4.69) is 29.4 Å². The Morgan fingerprint density at radius 3 is 2.58 bits per heavy atom. The van der Waals surface area contributed by atoms with Crippen molar-refractivity contribution in [2.45, 2.75) is 64.0 Å². The second kappa shape index (κ2) is 6.04. The molecular formula is C17H26N2. The predicted molar refractivity (Wildman–Crippen MR) is 78.9 cm³/mol. The number of aromatic nitrogens is 1. The molecule has 1 aromatic rings. The second-order valence-corrected chi connectivity index (χ2v) is 6.48. The molecule has 0 aliphatic heterocycles. The van der Waals surface area contributed by atoms with Crippen LogP contribution >= 0.6 is 0 Å². The third-order valence-electron chi connectivity index (χ3n) is 5.23. The molecule has 3 rings (SSSR count). The van der Waals surface area contributed by atoms with Gasteiger partial charge in [-0.3, -0.25) is 4.98 Å². The summed E-state index contributed by atoms with van der Waals surface area (Å²) < 4.78 is 0. The fourth-order valence-corrected chi connectivity index (χ4v) is 4.13. The quantitative estimate of drug-likeness (QED) is 0.883. The van der Waals surface area contributed by atoms with Crippen LogP contribution in [0.2, 0.25) is 0 Å². The highest BCUT2D eigenvalue weighted by molar-refractivity contribution is 5.14.